The van der Waals surface area contributed by atoms with Gasteiger partial charge in [0.25, 0.3) is 5.91 Å². The van der Waals surface area contributed by atoms with Crippen LogP contribution in [0.1, 0.15) is 41.5 Å². The fraction of sp³-hybridized carbons (Fsp3) is 0.333. The summed E-state index contributed by atoms with van der Waals surface area (Å²) < 4.78 is 59.9. The van der Waals surface area contributed by atoms with Crippen molar-refractivity contribution >= 4 is 11.7 Å². The van der Waals surface area contributed by atoms with Gasteiger partial charge in [-0.15, -0.1) is 0 Å². The number of hydrogen-bond acceptors (Lipinski definition) is 5. The van der Waals surface area contributed by atoms with Crippen LogP contribution < -0.4 is 14.2 Å². The fourth-order valence-corrected chi connectivity index (χ4v) is 4.98. The minimum absolute atomic E-state index is 0.112. The minimum Gasteiger partial charge on any atom is -0.493 e. The summed E-state index contributed by atoms with van der Waals surface area (Å²) in [5, 5.41) is 0. The van der Waals surface area contributed by atoms with E-state index < -0.39 is 17.5 Å². The Labute approximate surface area is 211 Å². The number of alkyl halides is 3. The standard InChI is InChI=1S/C27H25F3N2O5/c1-17(33)16-36-21-8-7-18(15-22(21)35-2)25(34)31-13-11-26(12-14-31)23-9-10-24(27(28,29)30)32(23)19-5-3-4-6-20(19)37-26/h3-10,15H,11-14,16H2,1-2H3. The minimum atomic E-state index is -4.53. The fourth-order valence-electron chi connectivity index (χ4n) is 4.98. The lowest BCUT2D eigenvalue weighted by Crippen LogP contribution is -2.50. The van der Waals surface area contributed by atoms with Crippen LogP contribution in [0.3, 0.4) is 0 Å². The van der Waals surface area contributed by atoms with E-state index in [0.717, 1.165) is 6.07 Å². The second kappa shape index (κ2) is 9.17. The molecule has 1 saturated heterocycles. The number of nitrogens with zero attached hydrogens (tertiary/aromatic N) is 2. The van der Waals surface area contributed by atoms with Crippen LogP contribution >= 0.6 is 0 Å². The van der Waals surface area contributed by atoms with Crippen LogP contribution in [0.2, 0.25) is 0 Å². The number of piperidine rings is 1. The topological polar surface area (TPSA) is 70.0 Å². The van der Waals surface area contributed by atoms with Crippen LogP contribution in [0.4, 0.5) is 13.2 Å². The molecule has 3 aromatic rings. The van der Waals surface area contributed by atoms with Crippen LogP contribution in [0, 0.1) is 0 Å². The van der Waals surface area contributed by atoms with Gasteiger partial charge in [-0.1, -0.05) is 12.1 Å². The van der Waals surface area contributed by atoms with Gasteiger partial charge in [0.1, 0.15) is 18.1 Å². The van der Waals surface area contributed by atoms with E-state index in [4.69, 9.17) is 14.2 Å². The summed E-state index contributed by atoms with van der Waals surface area (Å²) in [6.07, 6.45) is -3.88. The molecule has 5 rings (SSSR count). The van der Waals surface area contributed by atoms with Crippen LogP contribution in [0.25, 0.3) is 5.69 Å². The predicted octanol–water partition coefficient (Wildman–Crippen LogP) is 5.00. The van der Waals surface area contributed by atoms with E-state index in [1.807, 2.05) is 0 Å². The monoisotopic (exact) mass is 514 g/mol. The van der Waals surface area contributed by atoms with E-state index in [-0.39, 0.29) is 18.3 Å². The molecule has 194 valence electrons. The van der Waals surface area contributed by atoms with E-state index in [1.165, 1.54) is 24.7 Å². The van der Waals surface area contributed by atoms with Gasteiger partial charge in [0.15, 0.2) is 22.9 Å². The number of benzene rings is 2. The second-order valence-corrected chi connectivity index (χ2v) is 9.15. The largest absolute Gasteiger partial charge is 0.493 e. The van der Waals surface area contributed by atoms with E-state index in [0.29, 0.717) is 60.1 Å². The molecular weight excluding hydrogens is 489 g/mol. The van der Waals surface area contributed by atoms with Crippen molar-refractivity contribution in [3.05, 3.63) is 71.5 Å². The summed E-state index contributed by atoms with van der Waals surface area (Å²) in [6, 6.07) is 14.0. The first-order chi connectivity index (χ1) is 17.6. The maximum Gasteiger partial charge on any atom is 0.431 e. The molecule has 0 unspecified atom stereocenters. The number of ether oxygens (including phenoxy) is 3. The number of carbonyl (C=O) groups is 2. The number of hydrogen-bond donors (Lipinski definition) is 0. The average molecular weight is 515 g/mol. The molecule has 0 N–H and O–H groups in total. The van der Waals surface area contributed by atoms with E-state index >= 15 is 0 Å². The highest BCUT2D eigenvalue weighted by Gasteiger charge is 2.48. The van der Waals surface area contributed by atoms with Crippen molar-refractivity contribution in [1.82, 2.24) is 9.47 Å². The first kappa shape index (κ1) is 24.7. The molecule has 2 aromatic carbocycles. The second-order valence-electron chi connectivity index (χ2n) is 9.15. The molecule has 0 atom stereocenters. The summed E-state index contributed by atoms with van der Waals surface area (Å²) in [4.78, 5) is 26.2. The molecular formula is C27H25F3N2O5. The number of carbonyl (C=O) groups excluding carboxylic acids is 2. The first-order valence-corrected chi connectivity index (χ1v) is 11.8. The van der Waals surface area contributed by atoms with Crippen molar-refractivity contribution in [1.29, 1.82) is 0 Å². The third kappa shape index (κ3) is 4.41. The number of amides is 1. The Morgan fingerprint density at radius 3 is 2.43 bits per heavy atom. The predicted molar refractivity (Wildman–Crippen MR) is 127 cm³/mol. The summed E-state index contributed by atoms with van der Waals surface area (Å²) in [5.74, 6) is 0.661. The molecule has 3 heterocycles. The zero-order chi connectivity index (χ0) is 26.4. The Bertz CT molecular complexity index is 1360. The Morgan fingerprint density at radius 1 is 1.03 bits per heavy atom. The summed E-state index contributed by atoms with van der Waals surface area (Å²) in [7, 11) is 1.44. The molecule has 0 saturated carbocycles. The first-order valence-electron chi connectivity index (χ1n) is 11.8. The van der Waals surface area contributed by atoms with Crippen molar-refractivity contribution in [2.45, 2.75) is 31.5 Å². The van der Waals surface area contributed by atoms with Gasteiger partial charge in [-0.3, -0.25) is 9.59 Å². The van der Waals surface area contributed by atoms with Crippen molar-refractivity contribution in [3.63, 3.8) is 0 Å². The van der Waals surface area contributed by atoms with Crippen molar-refractivity contribution in [2.75, 3.05) is 26.8 Å². The molecule has 10 heteroatoms. The van der Waals surface area contributed by atoms with Crippen LogP contribution in [0.5, 0.6) is 17.2 Å². The number of para-hydroxylation sites is 2. The van der Waals surface area contributed by atoms with Crippen molar-refractivity contribution in [2.24, 2.45) is 0 Å². The lowest BCUT2D eigenvalue weighted by molar-refractivity contribution is -0.143. The number of halogens is 3. The van der Waals surface area contributed by atoms with Crippen LogP contribution in [-0.2, 0) is 16.6 Å². The number of rotatable bonds is 5. The normalized spacial score (nSPS) is 16.0. The molecule has 7 nitrogen and oxygen atoms in total. The molecule has 1 amide bonds. The van der Waals surface area contributed by atoms with Gasteiger partial charge in [-0.25, -0.2) is 0 Å². The molecule has 0 radical (unpaired) electrons. The van der Waals surface area contributed by atoms with Gasteiger partial charge >= 0.3 is 6.18 Å². The summed E-state index contributed by atoms with van der Waals surface area (Å²) in [6.45, 7) is 1.87. The molecule has 0 bridgehead atoms. The molecule has 1 aromatic heterocycles. The zero-order valence-corrected chi connectivity index (χ0v) is 20.3. The number of Topliss-reactive ketones (excluding diaryl/α,β-unsaturated/α-hetero) is 1. The summed E-state index contributed by atoms with van der Waals surface area (Å²) in [5.41, 5.74) is -0.593. The molecule has 37 heavy (non-hydrogen) atoms. The Morgan fingerprint density at radius 2 is 1.76 bits per heavy atom. The third-order valence-electron chi connectivity index (χ3n) is 6.75. The van der Waals surface area contributed by atoms with Gasteiger partial charge in [-0.05, 0) is 49.4 Å². The van der Waals surface area contributed by atoms with Gasteiger partial charge in [0.2, 0.25) is 0 Å². The number of methoxy groups -OCH3 is 1. The SMILES string of the molecule is COc1cc(C(=O)N2CCC3(CC2)Oc2ccccc2-n2c(C(F)(F)F)ccc23)ccc1OCC(C)=O. The highest BCUT2D eigenvalue weighted by molar-refractivity contribution is 5.95. The highest BCUT2D eigenvalue weighted by Crippen LogP contribution is 2.48. The Hall–Kier alpha value is -3.95. The van der Waals surface area contributed by atoms with Gasteiger partial charge in [-0.2, -0.15) is 13.2 Å². The van der Waals surface area contributed by atoms with E-state index in [1.54, 1.807) is 47.4 Å². The number of ketones is 1. The molecule has 1 spiro atoms. The maximum absolute atomic E-state index is 13.8. The lowest BCUT2D eigenvalue weighted by atomic mass is 9.86. The van der Waals surface area contributed by atoms with Crippen molar-refractivity contribution in [3.8, 4) is 22.9 Å². The van der Waals surface area contributed by atoms with Gasteiger partial charge in [0, 0.05) is 31.5 Å². The lowest BCUT2D eigenvalue weighted by Gasteiger charge is -2.45. The Balaban J connectivity index is 1.39. The molecule has 2 aliphatic heterocycles. The number of fused-ring (bicyclic) bond motifs is 4. The summed E-state index contributed by atoms with van der Waals surface area (Å²) >= 11 is 0. The van der Waals surface area contributed by atoms with Crippen LogP contribution in [-0.4, -0.2) is 48.0 Å². The third-order valence-corrected chi connectivity index (χ3v) is 6.75. The Kier molecular flexibility index (Phi) is 6.13. The molecule has 1 fully saturated rings. The van der Waals surface area contributed by atoms with Gasteiger partial charge < -0.3 is 23.7 Å². The zero-order valence-electron chi connectivity index (χ0n) is 20.3. The maximum atomic E-state index is 13.8. The van der Waals surface area contributed by atoms with Crippen molar-refractivity contribution < 1.29 is 37.0 Å². The van der Waals surface area contributed by atoms with E-state index in [2.05, 4.69) is 0 Å². The van der Waals surface area contributed by atoms with Crippen LogP contribution in [0.15, 0.2) is 54.6 Å². The average Bonchev–Trinajstić information content (AvgIpc) is 3.35. The molecule has 2 aliphatic rings. The quantitative estimate of drug-likeness (QED) is 0.480. The van der Waals surface area contributed by atoms with Gasteiger partial charge in [0.05, 0.1) is 18.5 Å². The number of aromatic nitrogens is 1. The smallest absolute Gasteiger partial charge is 0.431 e. The van der Waals surface area contributed by atoms with E-state index in [9.17, 15) is 22.8 Å². The molecule has 0 aliphatic carbocycles. The number of likely N-dealkylation sites (tertiary alicyclic amines) is 1. The highest BCUT2D eigenvalue weighted by atomic mass is 19.4.